The Hall–Kier alpha value is -1.40. The molecule has 3 rings (SSSR count). The zero-order valence-electron chi connectivity index (χ0n) is 13.1. The first-order chi connectivity index (χ1) is 10.4. The van der Waals surface area contributed by atoms with Crippen molar-refractivity contribution in [2.45, 2.75) is 43.9 Å². The van der Waals surface area contributed by atoms with Crippen LogP contribution >= 0.6 is 0 Å². The van der Waals surface area contributed by atoms with Gasteiger partial charge < -0.3 is 4.90 Å². The highest BCUT2D eigenvalue weighted by atomic mass is 32.2. The molecule has 1 aromatic carbocycles. The maximum atomic E-state index is 12.8. The predicted molar refractivity (Wildman–Crippen MR) is 85.5 cm³/mol. The predicted octanol–water partition coefficient (Wildman–Crippen LogP) is 2.33. The topological polar surface area (TPSA) is 57.7 Å². The van der Waals surface area contributed by atoms with E-state index in [1.807, 2.05) is 6.92 Å². The number of sulfonamides is 1. The van der Waals surface area contributed by atoms with E-state index in [-0.39, 0.29) is 11.8 Å². The van der Waals surface area contributed by atoms with E-state index in [2.05, 4.69) is 0 Å². The van der Waals surface area contributed by atoms with Crippen LogP contribution in [0.5, 0.6) is 0 Å². The molecule has 2 aliphatic rings. The summed E-state index contributed by atoms with van der Waals surface area (Å²) in [5.41, 5.74) is 1.80. The molecule has 0 saturated carbocycles. The highest BCUT2D eigenvalue weighted by Crippen LogP contribution is 2.38. The van der Waals surface area contributed by atoms with E-state index in [1.165, 1.54) is 0 Å². The third-order valence-electron chi connectivity index (χ3n) is 4.61. The van der Waals surface area contributed by atoms with Crippen molar-refractivity contribution in [2.75, 3.05) is 24.5 Å². The van der Waals surface area contributed by atoms with Gasteiger partial charge >= 0.3 is 0 Å². The summed E-state index contributed by atoms with van der Waals surface area (Å²) in [7, 11) is -3.41. The largest absolute Gasteiger partial charge is 0.312 e. The minimum Gasteiger partial charge on any atom is -0.312 e. The van der Waals surface area contributed by atoms with Crippen LogP contribution in [0.2, 0.25) is 0 Å². The molecule has 0 aromatic heterocycles. The second-order valence-electron chi connectivity index (χ2n) is 6.22. The van der Waals surface area contributed by atoms with Gasteiger partial charge in [-0.1, -0.05) is 13.3 Å². The molecule has 120 valence electrons. The number of piperidine rings is 1. The number of hydrogen-bond donors (Lipinski definition) is 0. The van der Waals surface area contributed by atoms with Gasteiger partial charge in [0.15, 0.2) is 0 Å². The monoisotopic (exact) mass is 322 g/mol. The zero-order valence-corrected chi connectivity index (χ0v) is 13.9. The van der Waals surface area contributed by atoms with E-state index in [9.17, 15) is 13.2 Å². The van der Waals surface area contributed by atoms with Crippen molar-refractivity contribution < 1.29 is 13.2 Å². The molecular formula is C16H22N2O3S. The van der Waals surface area contributed by atoms with Crippen LogP contribution in [-0.2, 0) is 14.8 Å². The number of amides is 1. The molecule has 6 heteroatoms. The highest BCUT2D eigenvalue weighted by molar-refractivity contribution is 7.89. The first kappa shape index (κ1) is 15.5. The molecular weight excluding hydrogens is 300 g/mol. The number of fused-ring (bicyclic) bond motifs is 1. The van der Waals surface area contributed by atoms with Crippen LogP contribution in [0.3, 0.4) is 0 Å². The van der Waals surface area contributed by atoms with E-state index in [0.717, 1.165) is 30.5 Å². The molecule has 0 radical (unpaired) electrons. The number of anilines is 1. The molecule has 5 nitrogen and oxygen atoms in total. The number of hydrogen-bond acceptors (Lipinski definition) is 3. The summed E-state index contributed by atoms with van der Waals surface area (Å²) in [6.45, 7) is 5.40. The summed E-state index contributed by atoms with van der Waals surface area (Å²) in [6.07, 6.45) is 2.96. The maximum absolute atomic E-state index is 12.8. The van der Waals surface area contributed by atoms with E-state index in [0.29, 0.717) is 24.5 Å². The standard InChI is InChI=1S/C16H22N2O3S/c1-12-11-18(13(2)19)16-7-6-14(10-15(12)16)22(20,21)17-8-4-3-5-9-17/h6-7,10,12H,3-5,8-9,11H2,1-2H3. The lowest BCUT2D eigenvalue weighted by Crippen LogP contribution is -2.35. The highest BCUT2D eigenvalue weighted by Gasteiger charge is 2.31. The van der Waals surface area contributed by atoms with Crippen LogP contribution in [0, 0.1) is 0 Å². The van der Waals surface area contributed by atoms with Gasteiger partial charge in [-0.2, -0.15) is 4.31 Å². The molecule has 1 unspecified atom stereocenters. The number of nitrogens with zero attached hydrogens (tertiary/aromatic N) is 2. The average molecular weight is 322 g/mol. The van der Waals surface area contributed by atoms with Crippen molar-refractivity contribution in [3.8, 4) is 0 Å². The second kappa shape index (κ2) is 5.66. The molecule has 1 saturated heterocycles. The van der Waals surface area contributed by atoms with Crippen LogP contribution in [0.15, 0.2) is 23.1 Å². The minimum absolute atomic E-state index is 0.00256. The van der Waals surface area contributed by atoms with Gasteiger partial charge in [-0.15, -0.1) is 0 Å². The SMILES string of the molecule is CC(=O)N1CC(C)c2cc(S(=O)(=O)N3CCCCC3)ccc21. The van der Waals surface area contributed by atoms with Crippen molar-refractivity contribution in [1.29, 1.82) is 0 Å². The van der Waals surface area contributed by atoms with Crippen molar-refractivity contribution >= 4 is 21.6 Å². The molecule has 1 atom stereocenters. The summed E-state index contributed by atoms with van der Waals surface area (Å²) < 4.78 is 27.1. The van der Waals surface area contributed by atoms with Crippen LogP contribution in [-0.4, -0.2) is 38.3 Å². The molecule has 0 aliphatic carbocycles. The third kappa shape index (κ3) is 2.54. The van der Waals surface area contributed by atoms with Gasteiger partial charge in [-0.3, -0.25) is 4.79 Å². The average Bonchev–Trinajstić information content (AvgIpc) is 2.85. The Balaban J connectivity index is 1.97. The normalized spacial score (nSPS) is 22.6. The molecule has 2 aliphatic heterocycles. The van der Waals surface area contributed by atoms with Crippen LogP contribution in [0.25, 0.3) is 0 Å². The van der Waals surface area contributed by atoms with E-state index >= 15 is 0 Å². The number of benzene rings is 1. The third-order valence-corrected chi connectivity index (χ3v) is 6.50. The fourth-order valence-electron chi connectivity index (χ4n) is 3.36. The van der Waals surface area contributed by atoms with E-state index in [1.54, 1.807) is 34.3 Å². The minimum atomic E-state index is -3.41. The summed E-state index contributed by atoms with van der Waals surface area (Å²) in [5, 5.41) is 0. The van der Waals surface area contributed by atoms with E-state index < -0.39 is 10.0 Å². The lowest BCUT2D eigenvalue weighted by molar-refractivity contribution is -0.116. The van der Waals surface area contributed by atoms with Gasteiger partial charge in [0.2, 0.25) is 15.9 Å². The fraction of sp³-hybridized carbons (Fsp3) is 0.562. The molecule has 2 heterocycles. The Morgan fingerprint density at radius 3 is 2.50 bits per heavy atom. The lowest BCUT2D eigenvalue weighted by Gasteiger charge is -2.26. The molecule has 1 aromatic rings. The number of carbonyl (C=O) groups excluding carboxylic acids is 1. The van der Waals surface area contributed by atoms with Crippen molar-refractivity contribution in [3.05, 3.63) is 23.8 Å². The zero-order chi connectivity index (χ0) is 15.9. The first-order valence-electron chi connectivity index (χ1n) is 7.83. The van der Waals surface area contributed by atoms with Gasteiger partial charge in [0.05, 0.1) is 4.90 Å². The summed E-state index contributed by atoms with van der Waals surface area (Å²) in [5.74, 6) is 0.160. The Bertz CT molecular complexity index is 693. The van der Waals surface area contributed by atoms with Gasteiger partial charge in [-0.25, -0.2) is 8.42 Å². The Morgan fingerprint density at radius 2 is 1.86 bits per heavy atom. The Morgan fingerprint density at radius 1 is 1.18 bits per heavy atom. The number of carbonyl (C=O) groups is 1. The van der Waals surface area contributed by atoms with Crippen molar-refractivity contribution in [1.82, 2.24) is 4.31 Å². The van der Waals surface area contributed by atoms with Crippen LogP contribution in [0.4, 0.5) is 5.69 Å². The molecule has 1 amide bonds. The summed E-state index contributed by atoms with van der Waals surface area (Å²) >= 11 is 0. The Kier molecular flexibility index (Phi) is 3.99. The maximum Gasteiger partial charge on any atom is 0.243 e. The molecule has 22 heavy (non-hydrogen) atoms. The van der Waals surface area contributed by atoms with Gasteiger partial charge in [0, 0.05) is 38.2 Å². The molecule has 1 fully saturated rings. The molecule has 0 N–H and O–H groups in total. The smallest absolute Gasteiger partial charge is 0.243 e. The molecule has 0 bridgehead atoms. The molecule has 0 spiro atoms. The first-order valence-corrected chi connectivity index (χ1v) is 9.27. The van der Waals surface area contributed by atoms with E-state index in [4.69, 9.17) is 0 Å². The van der Waals surface area contributed by atoms with Crippen molar-refractivity contribution in [3.63, 3.8) is 0 Å². The number of rotatable bonds is 2. The fourth-order valence-corrected chi connectivity index (χ4v) is 4.91. The van der Waals surface area contributed by atoms with Crippen LogP contribution in [0.1, 0.15) is 44.6 Å². The Labute approximate surface area is 132 Å². The van der Waals surface area contributed by atoms with Gasteiger partial charge in [0.25, 0.3) is 0 Å². The lowest BCUT2D eigenvalue weighted by atomic mass is 10.0. The quantitative estimate of drug-likeness (QED) is 0.840. The van der Waals surface area contributed by atoms with Crippen LogP contribution < -0.4 is 4.90 Å². The van der Waals surface area contributed by atoms with Crippen molar-refractivity contribution in [2.24, 2.45) is 0 Å². The second-order valence-corrected chi connectivity index (χ2v) is 8.15. The van der Waals surface area contributed by atoms with Gasteiger partial charge in [0.1, 0.15) is 0 Å². The summed E-state index contributed by atoms with van der Waals surface area (Å²) in [4.78, 5) is 13.8. The summed E-state index contributed by atoms with van der Waals surface area (Å²) in [6, 6.07) is 5.17. The van der Waals surface area contributed by atoms with Gasteiger partial charge in [-0.05, 0) is 36.6 Å².